The second-order valence-electron chi connectivity index (χ2n) is 8.97. The molecule has 1 aliphatic rings. The van der Waals surface area contributed by atoms with E-state index in [0.29, 0.717) is 34.9 Å². The van der Waals surface area contributed by atoms with E-state index in [0.717, 1.165) is 24.2 Å². The fraction of sp³-hybridized carbons (Fsp3) is 0.267. The summed E-state index contributed by atoms with van der Waals surface area (Å²) in [5, 5.41) is 11.6. The number of ketones is 1. The first-order valence-corrected chi connectivity index (χ1v) is 13.6. The molecule has 0 bridgehead atoms. The maximum Gasteiger partial charge on any atom is 0.350 e. The zero-order valence-corrected chi connectivity index (χ0v) is 23.3. The van der Waals surface area contributed by atoms with Crippen molar-refractivity contribution >= 4 is 39.9 Å². The molecule has 208 valence electrons. The van der Waals surface area contributed by atoms with Gasteiger partial charge in [-0.1, -0.05) is 61.6 Å². The molecule has 1 saturated heterocycles. The Balaban J connectivity index is 1.85. The van der Waals surface area contributed by atoms with Gasteiger partial charge in [-0.05, 0) is 43.2 Å². The number of unbranched alkanes of at least 4 members (excludes halogenated alkanes) is 1. The van der Waals surface area contributed by atoms with Crippen LogP contribution in [0, 0.1) is 6.92 Å². The average Bonchev–Trinajstić information content (AvgIpc) is 3.48. The number of hydrogen-bond acceptors (Lipinski definition) is 9. The molecule has 1 N–H and O–H groups in total. The number of nitrogens with zero attached hydrogens (tertiary/aromatic N) is 2. The van der Waals surface area contributed by atoms with Crippen LogP contribution in [-0.2, 0) is 14.3 Å². The van der Waals surface area contributed by atoms with E-state index in [1.165, 1.54) is 18.1 Å². The number of anilines is 1. The minimum absolute atomic E-state index is 0.0149. The second kappa shape index (κ2) is 12.6. The number of carbonyl (C=O) groups excluding carboxylic acids is 3. The number of amides is 1. The first-order valence-electron chi connectivity index (χ1n) is 12.7. The highest BCUT2D eigenvalue weighted by molar-refractivity contribution is 7.17. The van der Waals surface area contributed by atoms with Crippen molar-refractivity contribution < 1.29 is 33.7 Å². The third-order valence-corrected chi connectivity index (χ3v) is 7.37. The van der Waals surface area contributed by atoms with Gasteiger partial charge in [0.15, 0.2) is 5.13 Å². The molecule has 1 atom stereocenters. The highest BCUT2D eigenvalue weighted by atomic mass is 32.1. The number of thiazole rings is 1. The van der Waals surface area contributed by atoms with Crippen molar-refractivity contribution in [2.75, 3.05) is 25.2 Å². The molecular weight excluding hydrogens is 532 g/mol. The summed E-state index contributed by atoms with van der Waals surface area (Å²) < 4.78 is 16.3. The van der Waals surface area contributed by atoms with E-state index in [1.807, 2.05) is 0 Å². The lowest BCUT2D eigenvalue weighted by Crippen LogP contribution is -2.29. The van der Waals surface area contributed by atoms with Crippen LogP contribution in [-0.4, -0.2) is 48.1 Å². The predicted octanol–water partition coefficient (Wildman–Crippen LogP) is 5.61. The zero-order chi connectivity index (χ0) is 28.8. The Labute approximate surface area is 236 Å². The lowest BCUT2D eigenvalue weighted by Gasteiger charge is -2.23. The Morgan fingerprint density at radius 1 is 1.18 bits per heavy atom. The van der Waals surface area contributed by atoms with Crippen molar-refractivity contribution in [3.05, 3.63) is 88.5 Å². The second-order valence-corrected chi connectivity index (χ2v) is 9.95. The summed E-state index contributed by atoms with van der Waals surface area (Å²) in [6.07, 6.45) is 3.28. The molecule has 1 aromatic heterocycles. The number of benzene rings is 2. The summed E-state index contributed by atoms with van der Waals surface area (Å²) in [5.41, 5.74) is 1.06. The van der Waals surface area contributed by atoms with Crippen LogP contribution in [0.1, 0.15) is 52.3 Å². The van der Waals surface area contributed by atoms with Gasteiger partial charge in [0.25, 0.3) is 5.78 Å². The summed E-state index contributed by atoms with van der Waals surface area (Å²) in [6, 6.07) is 12.6. The Bertz CT molecular complexity index is 1480. The Kier molecular flexibility index (Phi) is 9.00. The maximum atomic E-state index is 13.5. The molecule has 10 heteroatoms. The van der Waals surface area contributed by atoms with Gasteiger partial charge in [0.05, 0.1) is 31.0 Å². The fourth-order valence-electron chi connectivity index (χ4n) is 4.25. The normalized spacial score (nSPS) is 16.2. The molecule has 40 heavy (non-hydrogen) atoms. The van der Waals surface area contributed by atoms with Crippen LogP contribution in [0.25, 0.3) is 5.76 Å². The number of aromatic nitrogens is 1. The number of hydrogen-bond donors (Lipinski definition) is 1. The first-order chi connectivity index (χ1) is 19.3. The van der Waals surface area contributed by atoms with Crippen molar-refractivity contribution in [2.24, 2.45) is 0 Å². The van der Waals surface area contributed by atoms with Crippen LogP contribution in [0.5, 0.6) is 11.5 Å². The van der Waals surface area contributed by atoms with Gasteiger partial charge in [0, 0.05) is 5.56 Å². The molecule has 2 aromatic carbocycles. The quantitative estimate of drug-likeness (QED) is 0.0801. The van der Waals surface area contributed by atoms with Gasteiger partial charge in [-0.3, -0.25) is 14.5 Å². The molecule has 1 unspecified atom stereocenters. The zero-order valence-electron chi connectivity index (χ0n) is 22.5. The summed E-state index contributed by atoms with van der Waals surface area (Å²) >= 11 is 0.930. The summed E-state index contributed by atoms with van der Waals surface area (Å²) in [6.45, 7) is 7.74. The van der Waals surface area contributed by atoms with E-state index in [1.54, 1.807) is 55.5 Å². The van der Waals surface area contributed by atoms with Crippen molar-refractivity contribution in [3.63, 3.8) is 0 Å². The number of Topliss-reactive ketones (excluding diaryl/α,β-unsaturated/α-hetero) is 1. The highest BCUT2D eigenvalue weighted by Gasteiger charge is 2.48. The van der Waals surface area contributed by atoms with Crippen LogP contribution >= 0.6 is 11.3 Å². The van der Waals surface area contributed by atoms with Gasteiger partial charge in [-0.2, -0.15) is 0 Å². The molecule has 1 fully saturated rings. The lowest BCUT2D eigenvalue weighted by molar-refractivity contribution is -0.132. The fourth-order valence-corrected chi connectivity index (χ4v) is 5.24. The van der Waals surface area contributed by atoms with E-state index >= 15 is 0 Å². The Hall–Kier alpha value is -4.44. The average molecular weight is 563 g/mol. The Morgan fingerprint density at radius 3 is 2.65 bits per heavy atom. The van der Waals surface area contributed by atoms with Gasteiger partial charge < -0.3 is 19.3 Å². The largest absolute Gasteiger partial charge is 0.507 e. The van der Waals surface area contributed by atoms with E-state index in [9.17, 15) is 19.5 Å². The molecular formula is C30H30N2O7S. The van der Waals surface area contributed by atoms with Gasteiger partial charge >= 0.3 is 11.9 Å². The van der Waals surface area contributed by atoms with E-state index < -0.39 is 23.7 Å². The van der Waals surface area contributed by atoms with Gasteiger partial charge in [-0.15, -0.1) is 0 Å². The Morgan fingerprint density at radius 2 is 1.93 bits per heavy atom. The molecule has 4 rings (SSSR count). The number of aliphatic hydroxyl groups is 1. The van der Waals surface area contributed by atoms with E-state index in [4.69, 9.17) is 14.2 Å². The molecule has 1 aliphatic heterocycles. The number of aryl methyl sites for hydroxylation is 1. The highest BCUT2D eigenvalue weighted by Crippen LogP contribution is 2.44. The minimum Gasteiger partial charge on any atom is -0.507 e. The van der Waals surface area contributed by atoms with Crippen molar-refractivity contribution in [2.45, 2.75) is 32.7 Å². The van der Waals surface area contributed by atoms with Crippen LogP contribution < -0.4 is 14.4 Å². The van der Waals surface area contributed by atoms with Gasteiger partial charge in [0.1, 0.15) is 28.7 Å². The van der Waals surface area contributed by atoms with E-state index in [-0.39, 0.29) is 27.9 Å². The SMILES string of the molecule is C=CCOC(=O)c1sc(N2C(=O)C(=O)C(=C(O)c3cccc(OCCCC)c3)C2c2cccc(OC)c2)nc1C. The number of methoxy groups -OCH3 is 1. The standard InChI is InChI=1S/C30H30N2O7S/c1-5-7-15-38-22-13-9-11-20(17-22)25(33)23-24(19-10-8-12-21(16-19)37-4)32(28(35)26(23)34)30-31-18(3)27(40-30)29(36)39-14-6-2/h6,8-13,16-17,24,33H,2,5,7,14-15H2,1,3-4H3. The molecule has 3 aromatic rings. The van der Waals surface area contributed by atoms with Crippen LogP contribution in [0.2, 0.25) is 0 Å². The number of carbonyl (C=O) groups is 3. The molecule has 0 saturated carbocycles. The number of ether oxygens (including phenoxy) is 3. The summed E-state index contributed by atoms with van der Waals surface area (Å²) in [4.78, 5) is 45.4. The minimum atomic E-state index is -1.04. The number of aliphatic hydroxyl groups excluding tert-OH is 1. The smallest absolute Gasteiger partial charge is 0.350 e. The molecule has 0 spiro atoms. The number of esters is 1. The molecule has 9 nitrogen and oxygen atoms in total. The topological polar surface area (TPSA) is 115 Å². The third-order valence-electron chi connectivity index (χ3n) is 6.24. The molecule has 0 aliphatic carbocycles. The first kappa shape index (κ1) is 28.6. The van der Waals surface area contributed by atoms with Crippen molar-refractivity contribution in [3.8, 4) is 11.5 Å². The van der Waals surface area contributed by atoms with Gasteiger partial charge in [0.2, 0.25) is 0 Å². The van der Waals surface area contributed by atoms with Crippen molar-refractivity contribution in [1.29, 1.82) is 0 Å². The van der Waals surface area contributed by atoms with Gasteiger partial charge in [-0.25, -0.2) is 9.78 Å². The van der Waals surface area contributed by atoms with Crippen LogP contribution in [0.3, 0.4) is 0 Å². The van der Waals surface area contributed by atoms with Crippen molar-refractivity contribution in [1.82, 2.24) is 4.98 Å². The maximum absolute atomic E-state index is 13.5. The van der Waals surface area contributed by atoms with E-state index in [2.05, 4.69) is 18.5 Å². The molecule has 2 heterocycles. The summed E-state index contributed by atoms with van der Waals surface area (Å²) in [5.74, 6) is -1.71. The molecule has 1 amide bonds. The summed E-state index contributed by atoms with van der Waals surface area (Å²) in [7, 11) is 1.51. The third kappa shape index (κ3) is 5.76. The molecule has 0 radical (unpaired) electrons. The van der Waals surface area contributed by atoms with Crippen LogP contribution in [0.4, 0.5) is 5.13 Å². The predicted molar refractivity (Wildman–Crippen MR) is 152 cm³/mol. The van der Waals surface area contributed by atoms with Crippen LogP contribution in [0.15, 0.2) is 66.8 Å². The number of rotatable bonds is 11. The monoisotopic (exact) mass is 562 g/mol. The lowest BCUT2D eigenvalue weighted by atomic mass is 9.95.